The van der Waals surface area contributed by atoms with Gasteiger partial charge in [0.2, 0.25) is 0 Å². The van der Waals surface area contributed by atoms with Gasteiger partial charge in [0.05, 0.1) is 18.8 Å². The number of aliphatic hydroxyl groups is 9. The van der Waals surface area contributed by atoms with Crippen molar-refractivity contribution < 1.29 is 69.6 Å². The van der Waals surface area contributed by atoms with Crippen molar-refractivity contribution in [3.8, 4) is 0 Å². The van der Waals surface area contributed by atoms with E-state index in [-0.39, 0.29) is 0 Å². The lowest BCUT2D eigenvalue weighted by Gasteiger charge is -2.47. The Hall–Kier alpha value is -0.560. The van der Waals surface area contributed by atoms with Gasteiger partial charge in [-0.2, -0.15) is 0 Å². The minimum absolute atomic E-state index is 0.720. The fourth-order valence-electron chi connectivity index (χ4n) is 3.91. The zero-order valence-electron chi connectivity index (χ0n) is 17.4. The second-order valence-electron chi connectivity index (χ2n) is 8.30. The first-order valence-corrected chi connectivity index (χ1v) is 10.3. The van der Waals surface area contributed by atoms with E-state index in [0.29, 0.717) is 0 Å². The van der Waals surface area contributed by atoms with Gasteiger partial charge in [-0.15, -0.1) is 0 Å². The van der Waals surface area contributed by atoms with Crippen molar-refractivity contribution in [3.05, 3.63) is 0 Å². The van der Waals surface area contributed by atoms with Gasteiger partial charge >= 0.3 is 0 Å². The zero-order chi connectivity index (χ0) is 23.9. The van der Waals surface area contributed by atoms with Crippen LogP contribution in [0.4, 0.5) is 0 Å². The van der Waals surface area contributed by atoms with E-state index in [2.05, 4.69) is 0 Å². The van der Waals surface area contributed by atoms with Crippen molar-refractivity contribution in [3.63, 3.8) is 0 Å². The number of ether oxygens (including phenoxy) is 5. The summed E-state index contributed by atoms with van der Waals surface area (Å²) in [7, 11) is 0. The lowest BCUT2D eigenvalue weighted by molar-refractivity contribution is -0.387. The number of hydrogen-bond donors (Lipinski definition) is 9. The zero-order valence-corrected chi connectivity index (χ0v) is 17.4. The third-order valence-electron chi connectivity index (χ3n) is 6.02. The van der Waals surface area contributed by atoms with E-state index in [1.165, 1.54) is 13.8 Å². The molecule has 32 heavy (non-hydrogen) atoms. The van der Waals surface area contributed by atoms with Gasteiger partial charge in [0.15, 0.2) is 18.9 Å². The molecule has 188 valence electrons. The van der Waals surface area contributed by atoms with Crippen LogP contribution in [0.5, 0.6) is 0 Å². The molecule has 0 unspecified atom stereocenters. The molecule has 9 N–H and O–H groups in total. The SMILES string of the molecule is C[C@@H]1O[C@@H](O)[C@H](O[C@@H]2O[C@@H](C)[C@H](O)[C@@H](O)[C@H]2O[C@@H]2O[C@H](CO)[C@@H](O)[C@H](O)[C@H]2O)[C@H](O)[C@H]1O. The van der Waals surface area contributed by atoms with Crippen LogP contribution in [0.2, 0.25) is 0 Å². The first-order chi connectivity index (χ1) is 15.0. The van der Waals surface area contributed by atoms with Crippen LogP contribution < -0.4 is 0 Å². The maximum absolute atomic E-state index is 10.6. The molecule has 0 amide bonds. The Morgan fingerprint density at radius 3 is 1.69 bits per heavy atom. The molecule has 3 fully saturated rings. The molecule has 14 nitrogen and oxygen atoms in total. The van der Waals surface area contributed by atoms with Crippen molar-refractivity contribution in [2.75, 3.05) is 6.61 Å². The topological polar surface area (TPSA) is 228 Å². The van der Waals surface area contributed by atoms with Crippen molar-refractivity contribution in [1.82, 2.24) is 0 Å². The molecule has 0 aromatic rings. The Bertz CT molecular complexity index is 608. The Morgan fingerprint density at radius 1 is 0.562 bits per heavy atom. The molecule has 14 heteroatoms. The highest BCUT2D eigenvalue weighted by Crippen LogP contribution is 2.32. The van der Waals surface area contributed by atoms with Gasteiger partial charge in [-0.05, 0) is 13.8 Å². The lowest BCUT2D eigenvalue weighted by Crippen LogP contribution is -2.65. The first-order valence-electron chi connectivity index (χ1n) is 10.3. The van der Waals surface area contributed by atoms with Crippen LogP contribution in [0.1, 0.15) is 13.8 Å². The molecule has 0 aromatic heterocycles. The predicted molar refractivity (Wildman–Crippen MR) is 98.4 cm³/mol. The maximum Gasteiger partial charge on any atom is 0.187 e. The molecule has 0 radical (unpaired) electrons. The molecule has 3 aliphatic rings. The van der Waals surface area contributed by atoms with Gasteiger partial charge in [-0.25, -0.2) is 0 Å². The third-order valence-corrected chi connectivity index (χ3v) is 6.02. The predicted octanol–water partition coefficient (Wildman–Crippen LogP) is -5.52. The molecule has 15 atom stereocenters. The van der Waals surface area contributed by atoms with E-state index in [1.54, 1.807) is 0 Å². The summed E-state index contributed by atoms with van der Waals surface area (Å²) >= 11 is 0. The van der Waals surface area contributed by atoms with Crippen molar-refractivity contribution >= 4 is 0 Å². The summed E-state index contributed by atoms with van der Waals surface area (Å²) < 4.78 is 26.9. The highest BCUT2D eigenvalue weighted by Gasteiger charge is 2.52. The van der Waals surface area contributed by atoms with Gasteiger partial charge in [-0.1, -0.05) is 0 Å². The average molecular weight is 472 g/mol. The minimum atomic E-state index is -1.81. The number of aliphatic hydroxyl groups excluding tert-OH is 9. The largest absolute Gasteiger partial charge is 0.394 e. The summed E-state index contributed by atoms with van der Waals surface area (Å²) in [6.07, 6.45) is -22.7. The number of rotatable bonds is 5. The van der Waals surface area contributed by atoms with Crippen LogP contribution in [-0.4, -0.2) is 145 Å². The molecule has 0 bridgehead atoms. The van der Waals surface area contributed by atoms with E-state index in [9.17, 15) is 46.0 Å². The monoisotopic (exact) mass is 472 g/mol. The van der Waals surface area contributed by atoms with E-state index in [4.69, 9.17) is 23.7 Å². The summed E-state index contributed by atoms with van der Waals surface area (Å²) in [6.45, 7) is 2.12. The van der Waals surface area contributed by atoms with Crippen LogP contribution in [0.15, 0.2) is 0 Å². The van der Waals surface area contributed by atoms with Crippen molar-refractivity contribution in [1.29, 1.82) is 0 Å². The number of hydrogen-bond acceptors (Lipinski definition) is 14. The van der Waals surface area contributed by atoms with E-state index >= 15 is 0 Å². The normalized spacial score (nSPS) is 55.0. The Morgan fingerprint density at radius 2 is 1.09 bits per heavy atom. The van der Waals surface area contributed by atoms with Gasteiger partial charge in [0.25, 0.3) is 0 Å². The smallest absolute Gasteiger partial charge is 0.187 e. The third kappa shape index (κ3) is 4.94. The molecular weight excluding hydrogens is 440 g/mol. The Kier molecular flexibility index (Phi) is 8.44. The van der Waals surface area contributed by atoms with Gasteiger partial charge in [-0.3, -0.25) is 0 Å². The van der Waals surface area contributed by atoms with Crippen LogP contribution >= 0.6 is 0 Å². The highest BCUT2D eigenvalue weighted by molar-refractivity contribution is 4.94. The molecular formula is C18H32O14. The average Bonchev–Trinajstić information content (AvgIpc) is 2.76. The van der Waals surface area contributed by atoms with E-state index in [1.807, 2.05) is 0 Å². The summed E-state index contributed by atoms with van der Waals surface area (Å²) in [5.74, 6) is 0. The van der Waals surface area contributed by atoms with Crippen LogP contribution in [0.25, 0.3) is 0 Å². The van der Waals surface area contributed by atoms with Gasteiger partial charge < -0.3 is 69.6 Å². The summed E-state index contributed by atoms with van der Waals surface area (Å²) in [5.41, 5.74) is 0. The first kappa shape index (κ1) is 26.1. The molecule has 3 rings (SSSR count). The molecule has 0 spiro atoms. The quantitative estimate of drug-likeness (QED) is 0.182. The second-order valence-corrected chi connectivity index (χ2v) is 8.30. The standard InChI is InChI=1S/C18H32O14/c1-4-7(20)11(24)14(16(27)28-4)31-18-15(12(25)8(21)5(2)29-18)32-17-13(26)10(23)9(22)6(3-19)30-17/h4-27H,3H2,1-2H3/t4-,5-,6+,7-,8-,9+,10-,11+,12+,13+,14+,15+,16+,17-,18-/m0/s1. The maximum atomic E-state index is 10.6. The minimum Gasteiger partial charge on any atom is -0.394 e. The molecule has 3 saturated heterocycles. The second kappa shape index (κ2) is 10.4. The molecule has 0 aromatic carbocycles. The molecule has 3 aliphatic heterocycles. The van der Waals surface area contributed by atoms with E-state index < -0.39 is 98.7 Å². The molecule has 0 saturated carbocycles. The molecule has 3 heterocycles. The summed E-state index contributed by atoms with van der Waals surface area (Å²) in [5, 5.41) is 90.6. The summed E-state index contributed by atoms with van der Waals surface area (Å²) in [4.78, 5) is 0. The van der Waals surface area contributed by atoms with Crippen molar-refractivity contribution in [2.45, 2.75) is 106 Å². The lowest BCUT2D eigenvalue weighted by atomic mass is 9.97. The van der Waals surface area contributed by atoms with Crippen LogP contribution in [0.3, 0.4) is 0 Å². The highest BCUT2D eigenvalue weighted by atomic mass is 16.8. The van der Waals surface area contributed by atoms with E-state index in [0.717, 1.165) is 0 Å². The fourth-order valence-corrected chi connectivity index (χ4v) is 3.91. The summed E-state index contributed by atoms with van der Waals surface area (Å²) in [6, 6.07) is 0. The molecule has 0 aliphatic carbocycles. The van der Waals surface area contributed by atoms with Gasteiger partial charge in [0, 0.05) is 0 Å². The fraction of sp³-hybridized carbons (Fsp3) is 1.00. The van der Waals surface area contributed by atoms with Crippen molar-refractivity contribution in [2.24, 2.45) is 0 Å². The van der Waals surface area contributed by atoms with Crippen LogP contribution in [0, 0.1) is 0 Å². The van der Waals surface area contributed by atoms with Gasteiger partial charge in [0.1, 0.15) is 61.0 Å². The Balaban J connectivity index is 1.79. The van der Waals surface area contributed by atoms with Crippen LogP contribution in [-0.2, 0) is 23.7 Å². The Labute approximate surface area is 183 Å².